The van der Waals surface area contributed by atoms with Gasteiger partial charge in [0.1, 0.15) is 5.54 Å². The quantitative estimate of drug-likeness (QED) is 0.744. The topological polar surface area (TPSA) is 55.8 Å². The lowest BCUT2D eigenvalue weighted by atomic mass is 10.0. The van der Waals surface area contributed by atoms with Crippen LogP contribution in [0.5, 0.6) is 0 Å². The third kappa shape index (κ3) is 4.41. The molecule has 1 aliphatic carbocycles. The number of aliphatic carboxylic acids is 1. The summed E-state index contributed by atoms with van der Waals surface area (Å²) < 4.78 is 0. The Kier molecular flexibility index (Phi) is 6.02. The Morgan fingerprint density at radius 2 is 1.86 bits per heavy atom. The van der Waals surface area contributed by atoms with Crippen molar-refractivity contribution in [1.82, 2.24) is 15.1 Å². The van der Waals surface area contributed by atoms with Crippen molar-refractivity contribution in [1.29, 1.82) is 0 Å². The van der Waals surface area contributed by atoms with E-state index in [1.165, 1.54) is 25.7 Å². The van der Waals surface area contributed by atoms with Crippen LogP contribution in [0.1, 0.15) is 46.0 Å². The maximum atomic E-state index is 11.6. The summed E-state index contributed by atoms with van der Waals surface area (Å²) >= 11 is 0. The van der Waals surface area contributed by atoms with E-state index < -0.39 is 11.5 Å². The van der Waals surface area contributed by atoms with Crippen molar-refractivity contribution in [2.75, 3.05) is 39.3 Å². The van der Waals surface area contributed by atoms with Gasteiger partial charge >= 0.3 is 5.97 Å². The Labute approximate surface area is 128 Å². The van der Waals surface area contributed by atoms with E-state index in [0.717, 1.165) is 45.2 Å². The first-order valence-electron chi connectivity index (χ1n) is 8.50. The van der Waals surface area contributed by atoms with Crippen molar-refractivity contribution >= 4 is 5.97 Å². The number of carbonyl (C=O) groups is 1. The average molecular weight is 297 g/mol. The fourth-order valence-electron chi connectivity index (χ4n) is 3.60. The number of carboxylic acids is 1. The monoisotopic (exact) mass is 297 g/mol. The Morgan fingerprint density at radius 1 is 1.24 bits per heavy atom. The smallest absolute Gasteiger partial charge is 0.324 e. The maximum absolute atomic E-state index is 11.6. The Morgan fingerprint density at radius 3 is 2.38 bits per heavy atom. The third-order valence-corrected chi connectivity index (χ3v) is 5.02. The predicted molar refractivity (Wildman–Crippen MR) is 84.6 cm³/mol. The highest BCUT2D eigenvalue weighted by atomic mass is 16.4. The van der Waals surface area contributed by atoms with Crippen LogP contribution in [0, 0.1) is 0 Å². The van der Waals surface area contributed by atoms with Crippen molar-refractivity contribution in [3.63, 3.8) is 0 Å². The van der Waals surface area contributed by atoms with E-state index in [0.29, 0.717) is 6.54 Å². The molecule has 5 heteroatoms. The predicted octanol–water partition coefficient (Wildman–Crippen LogP) is 1.39. The van der Waals surface area contributed by atoms with Crippen molar-refractivity contribution in [2.24, 2.45) is 0 Å². The molecule has 122 valence electrons. The lowest BCUT2D eigenvalue weighted by molar-refractivity contribution is -0.145. The molecule has 0 amide bonds. The van der Waals surface area contributed by atoms with Gasteiger partial charge in [-0.2, -0.15) is 0 Å². The van der Waals surface area contributed by atoms with Gasteiger partial charge in [-0.1, -0.05) is 19.8 Å². The summed E-state index contributed by atoms with van der Waals surface area (Å²) in [6, 6.07) is 0.788. The molecule has 0 aromatic rings. The highest BCUT2D eigenvalue weighted by Gasteiger charge is 2.36. The molecule has 0 spiro atoms. The number of nitrogens with one attached hydrogen (secondary N) is 1. The minimum atomic E-state index is -0.828. The Hall–Kier alpha value is -0.650. The summed E-state index contributed by atoms with van der Waals surface area (Å²) in [5.41, 5.74) is -0.828. The van der Waals surface area contributed by atoms with Crippen LogP contribution >= 0.6 is 0 Å². The number of rotatable bonds is 7. The van der Waals surface area contributed by atoms with Crippen LogP contribution in [-0.4, -0.2) is 71.7 Å². The van der Waals surface area contributed by atoms with Crippen molar-refractivity contribution < 1.29 is 9.90 Å². The molecular weight excluding hydrogens is 266 g/mol. The molecule has 0 radical (unpaired) electrons. The lowest BCUT2D eigenvalue weighted by Gasteiger charge is -2.41. The van der Waals surface area contributed by atoms with Gasteiger partial charge in [0.15, 0.2) is 0 Å². The molecule has 0 bridgehead atoms. The van der Waals surface area contributed by atoms with E-state index in [-0.39, 0.29) is 0 Å². The van der Waals surface area contributed by atoms with E-state index in [2.05, 4.69) is 22.0 Å². The largest absolute Gasteiger partial charge is 0.480 e. The second kappa shape index (κ2) is 7.56. The first kappa shape index (κ1) is 16.7. The van der Waals surface area contributed by atoms with Crippen molar-refractivity contribution in [2.45, 2.75) is 57.5 Å². The van der Waals surface area contributed by atoms with Crippen molar-refractivity contribution in [3.8, 4) is 0 Å². The van der Waals surface area contributed by atoms with Crippen LogP contribution in [0.4, 0.5) is 0 Å². The lowest BCUT2D eigenvalue weighted by Crippen LogP contribution is -2.60. The number of hydrogen-bond acceptors (Lipinski definition) is 4. The van der Waals surface area contributed by atoms with E-state index in [1.54, 1.807) is 0 Å². The third-order valence-electron chi connectivity index (χ3n) is 5.02. The molecule has 2 rings (SSSR count). The van der Waals surface area contributed by atoms with Gasteiger partial charge in [0, 0.05) is 38.8 Å². The van der Waals surface area contributed by atoms with E-state index in [4.69, 9.17) is 0 Å². The normalized spacial score (nSPS) is 25.0. The zero-order valence-electron chi connectivity index (χ0n) is 13.6. The van der Waals surface area contributed by atoms with Crippen molar-refractivity contribution in [3.05, 3.63) is 0 Å². The molecule has 1 aliphatic heterocycles. The summed E-state index contributed by atoms with van der Waals surface area (Å²) in [7, 11) is 0. The molecule has 2 N–H and O–H groups in total. The van der Waals surface area contributed by atoms with Crippen LogP contribution in [0.2, 0.25) is 0 Å². The molecule has 21 heavy (non-hydrogen) atoms. The molecule has 1 atom stereocenters. The van der Waals surface area contributed by atoms with Crippen LogP contribution in [-0.2, 0) is 4.79 Å². The first-order valence-corrected chi connectivity index (χ1v) is 8.50. The summed E-state index contributed by atoms with van der Waals surface area (Å²) in [6.45, 7) is 9.40. The van der Waals surface area contributed by atoms with Gasteiger partial charge in [0.05, 0.1) is 0 Å². The van der Waals surface area contributed by atoms with E-state index in [9.17, 15) is 9.90 Å². The van der Waals surface area contributed by atoms with Crippen LogP contribution in [0.25, 0.3) is 0 Å². The molecule has 1 unspecified atom stereocenters. The SMILES string of the molecule is CCCNC(C)(CN1CCN(C2CCCC2)CC1)C(=O)O. The van der Waals surface area contributed by atoms with Gasteiger partial charge in [0.25, 0.3) is 0 Å². The number of carboxylic acid groups (broad SMARTS) is 1. The first-order chi connectivity index (χ1) is 10.0. The van der Waals surface area contributed by atoms with Gasteiger partial charge in [-0.25, -0.2) is 0 Å². The molecular formula is C16H31N3O2. The molecule has 1 saturated carbocycles. The number of nitrogens with zero attached hydrogens (tertiary/aromatic N) is 2. The number of hydrogen-bond donors (Lipinski definition) is 2. The second-order valence-electron chi connectivity index (χ2n) is 6.81. The zero-order chi connectivity index (χ0) is 15.3. The number of piperazine rings is 1. The van der Waals surface area contributed by atoms with Gasteiger partial charge in [-0.3, -0.25) is 14.6 Å². The second-order valence-corrected chi connectivity index (χ2v) is 6.81. The molecule has 0 aromatic carbocycles. The molecule has 1 saturated heterocycles. The van der Waals surface area contributed by atoms with Gasteiger partial charge in [0.2, 0.25) is 0 Å². The standard InChI is InChI=1S/C16H31N3O2/c1-3-8-17-16(2,15(20)21)13-18-9-11-19(12-10-18)14-6-4-5-7-14/h14,17H,3-13H2,1-2H3,(H,20,21). The molecule has 2 fully saturated rings. The average Bonchev–Trinajstić information content (AvgIpc) is 3.00. The van der Waals surface area contributed by atoms with E-state index >= 15 is 0 Å². The van der Waals surface area contributed by atoms with Gasteiger partial charge in [-0.05, 0) is 32.7 Å². The maximum Gasteiger partial charge on any atom is 0.324 e. The Bertz CT molecular complexity index is 336. The van der Waals surface area contributed by atoms with E-state index in [1.807, 2.05) is 6.92 Å². The fraction of sp³-hybridized carbons (Fsp3) is 0.938. The molecule has 1 heterocycles. The highest BCUT2D eigenvalue weighted by Crippen LogP contribution is 2.24. The van der Waals surface area contributed by atoms with Gasteiger partial charge < -0.3 is 10.4 Å². The summed E-state index contributed by atoms with van der Waals surface area (Å²) in [4.78, 5) is 16.5. The molecule has 2 aliphatic rings. The van der Waals surface area contributed by atoms with Gasteiger partial charge in [-0.15, -0.1) is 0 Å². The van der Waals surface area contributed by atoms with Crippen LogP contribution < -0.4 is 5.32 Å². The molecule has 5 nitrogen and oxygen atoms in total. The van der Waals surface area contributed by atoms with Crippen LogP contribution in [0.15, 0.2) is 0 Å². The summed E-state index contributed by atoms with van der Waals surface area (Å²) in [5.74, 6) is -0.742. The highest BCUT2D eigenvalue weighted by molar-refractivity contribution is 5.78. The summed E-state index contributed by atoms with van der Waals surface area (Å²) in [6.07, 6.45) is 6.42. The van der Waals surface area contributed by atoms with Crippen LogP contribution in [0.3, 0.4) is 0 Å². The zero-order valence-corrected chi connectivity index (χ0v) is 13.6. The minimum Gasteiger partial charge on any atom is -0.480 e. The summed E-state index contributed by atoms with van der Waals surface area (Å²) in [5, 5.41) is 12.7. The Balaban J connectivity index is 1.81. The minimum absolute atomic E-state index is 0.598. The fourth-order valence-corrected chi connectivity index (χ4v) is 3.60. The molecule has 0 aromatic heterocycles.